The van der Waals surface area contributed by atoms with Crippen molar-refractivity contribution in [3.05, 3.63) is 11.6 Å². The summed E-state index contributed by atoms with van der Waals surface area (Å²) in [5.41, 5.74) is 0.255. The average Bonchev–Trinajstić information content (AvgIpc) is 3.26. The number of carbonyl (C=O) groups is 2. The molecule has 2 heterocycles. The fourth-order valence-electron chi connectivity index (χ4n) is 8.49. The van der Waals surface area contributed by atoms with E-state index >= 15 is 0 Å². The Morgan fingerprint density at radius 3 is 2.61 bits per heavy atom. The van der Waals surface area contributed by atoms with E-state index in [0.717, 1.165) is 44.9 Å². The van der Waals surface area contributed by atoms with Crippen molar-refractivity contribution in [2.75, 3.05) is 0 Å². The molecule has 4 aliphatic carbocycles. The standard InChI is InChI=1S/C23H30O5/c1-20-8-4-15-18(16(20)5-9-22(20)10-6-17(25)27-22)14-12-23(28-19(14)26)11-13(24)3-7-21(15,23)2/h4,13-14,16,18,24H,3,5-12H2,1-2H3/t13?,14-,16+,18-,20+,21-,22-,23+/m1/s1. The van der Waals surface area contributed by atoms with Crippen molar-refractivity contribution in [1.82, 2.24) is 0 Å². The summed E-state index contributed by atoms with van der Waals surface area (Å²) in [5.74, 6) is 0.313. The molecule has 5 heteroatoms. The van der Waals surface area contributed by atoms with E-state index in [-0.39, 0.29) is 46.3 Å². The van der Waals surface area contributed by atoms with Gasteiger partial charge in [0.15, 0.2) is 0 Å². The first-order chi connectivity index (χ1) is 13.2. The van der Waals surface area contributed by atoms with Crippen molar-refractivity contribution in [3.8, 4) is 0 Å². The third-order valence-corrected chi connectivity index (χ3v) is 10.1. The van der Waals surface area contributed by atoms with Crippen LogP contribution < -0.4 is 0 Å². The van der Waals surface area contributed by atoms with Gasteiger partial charge in [-0.25, -0.2) is 0 Å². The van der Waals surface area contributed by atoms with Crippen LogP contribution in [0.1, 0.15) is 71.6 Å². The largest absolute Gasteiger partial charge is 0.458 e. The molecule has 2 aliphatic heterocycles. The number of fused-ring (bicyclic) bond motifs is 7. The molecule has 0 amide bonds. The van der Waals surface area contributed by atoms with Crippen LogP contribution in [0, 0.1) is 28.6 Å². The molecule has 0 aromatic rings. The van der Waals surface area contributed by atoms with E-state index in [2.05, 4.69) is 19.9 Å². The highest BCUT2D eigenvalue weighted by molar-refractivity contribution is 5.78. The second-order valence-corrected chi connectivity index (χ2v) is 10.9. The number of aliphatic hydroxyl groups excluding tert-OH is 1. The third kappa shape index (κ3) is 1.75. The maximum absolute atomic E-state index is 13.1. The van der Waals surface area contributed by atoms with Gasteiger partial charge in [0.1, 0.15) is 11.2 Å². The minimum Gasteiger partial charge on any atom is -0.458 e. The Kier molecular flexibility index (Phi) is 3.14. The first-order valence-corrected chi connectivity index (χ1v) is 11.1. The molecule has 0 aromatic carbocycles. The van der Waals surface area contributed by atoms with E-state index < -0.39 is 5.60 Å². The minimum absolute atomic E-state index is 0.0622. The molecule has 1 N–H and O–H groups in total. The fourth-order valence-corrected chi connectivity index (χ4v) is 8.49. The normalized spacial score (nSPS) is 56.6. The summed E-state index contributed by atoms with van der Waals surface area (Å²) in [7, 11) is 0. The molecule has 6 aliphatic rings. The van der Waals surface area contributed by atoms with Crippen LogP contribution in [0.5, 0.6) is 0 Å². The lowest BCUT2D eigenvalue weighted by atomic mass is 9.45. The SMILES string of the molecule is C[C@]12CC=C3[C@@H]([C@H]4C[C@]5(CC(O)CC[C@]35C)OC4=O)[C@@H]1CC[C@@]21CCC(=O)O1. The molecule has 5 fully saturated rings. The molecule has 2 bridgehead atoms. The van der Waals surface area contributed by atoms with Crippen LogP contribution in [0.3, 0.4) is 0 Å². The van der Waals surface area contributed by atoms with Crippen LogP contribution in [-0.2, 0) is 19.1 Å². The lowest BCUT2D eigenvalue weighted by Gasteiger charge is -2.59. The topological polar surface area (TPSA) is 72.8 Å². The molecule has 3 saturated carbocycles. The van der Waals surface area contributed by atoms with Gasteiger partial charge in [0.2, 0.25) is 0 Å². The second kappa shape index (κ2) is 5.03. The lowest BCUT2D eigenvalue weighted by Crippen LogP contribution is -2.59. The maximum Gasteiger partial charge on any atom is 0.310 e. The number of aliphatic hydroxyl groups is 1. The van der Waals surface area contributed by atoms with Gasteiger partial charge < -0.3 is 14.6 Å². The third-order valence-electron chi connectivity index (χ3n) is 10.1. The van der Waals surface area contributed by atoms with Crippen molar-refractivity contribution < 1.29 is 24.2 Å². The summed E-state index contributed by atoms with van der Waals surface area (Å²) >= 11 is 0. The van der Waals surface area contributed by atoms with Crippen molar-refractivity contribution >= 4 is 11.9 Å². The summed E-state index contributed by atoms with van der Waals surface area (Å²) in [6.45, 7) is 4.57. The van der Waals surface area contributed by atoms with Crippen molar-refractivity contribution in [2.45, 2.75) is 88.9 Å². The monoisotopic (exact) mass is 386 g/mol. The number of hydrogen-bond acceptors (Lipinski definition) is 5. The number of rotatable bonds is 0. The molecule has 0 radical (unpaired) electrons. The number of hydrogen-bond donors (Lipinski definition) is 1. The average molecular weight is 386 g/mol. The fraction of sp³-hybridized carbons (Fsp3) is 0.826. The van der Waals surface area contributed by atoms with Gasteiger partial charge in [-0.1, -0.05) is 25.5 Å². The summed E-state index contributed by atoms with van der Waals surface area (Å²) in [6, 6.07) is 0. The predicted molar refractivity (Wildman–Crippen MR) is 100.0 cm³/mol. The Labute approximate surface area is 165 Å². The van der Waals surface area contributed by atoms with Gasteiger partial charge in [-0.2, -0.15) is 0 Å². The quantitative estimate of drug-likeness (QED) is 0.511. The molecule has 8 atom stereocenters. The van der Waals surface area contributed by atoms with Crippen LogP contribution in [-0.4, -0.2) is 34.4 Å². The highest BCUT2D eigenvalue weighted by Gasteiger charge is 2.73. The highest BCUT2D eigenvalue weighted by Crippen LogP contribution is 2.72. The smallest absolute Gasteiger partial charge is 0.310 e. The molecule has 1 unspecified atom stereocenters. The van der Waals surface area contributed by atoms with Crippen LogP contribution in [0.4, 0.5) is 0 Å². The van der Waals surface area contributed by atoms with Crippen molar-refractivity contribution in [1.29, 1.82) is 0 Å². The van der Waals surface area contributed by atoms with Gasteiger partial charge in [-0.05, 0) is 50.4 Å². The first kappa shape index (κ1) is 17.5. The van der Waals surface area contributed by atoms with Gasteiger partial charge in [0, 0.05) is 30.1 Å². The zero-order chi connectivity index (χ0) is 19.5. The van der Waals surface area contributed by atoms with E-state index in [1.165, 1.54) is 5.57 Å². The lowest BCUT2D eigenvalue weighted by molar-refractivity contribution is -0.169. The molecular weight excluding hydrogens is 356 g/mol. The van der Waals surface area contributed by atoms with E-state index in [9.17, 15) is 14.7 Å². The predicted octanol–water partition coefficient (Wildman–Crippen LogP) is 3.29. The summed E-state index contributed by atoms with van der Waals surface area (Å²) in [6.07, 6.45) is 9.14. The molecule has 152 valence electrons. The Bertz CT molecular complexity index is 818. The van der Waals surface area contributed by atoms with E-state index in [4.69, 9.17) is 9.47 Å². The van der Waals surface area contributed by atoms with Gasteiger partial charge >= 0.3 is 11.9 Å². The van der Waals surface area contributed by atoms with Crippen LogP contribution in [0.25, 0.3) is 0 Å². The van der Waals surface area contributed by atoms with Crippen LogP contribution in [0.15, 0.2) is 11.6 Å². The maximum atomic E-state index is 13.1. The second-order valence-electron chi connectivity index (χ2n) is 10.9. The molecule has 5 nitrogen and oxygen atoms in total. The van der Waals surface area contributed by atoms with E-state index in [0.29, 0.717) is 18.8 Å². The Morgan fingerprint density at radius 1 is 1.04 bits per heavy atom. The van der Waals surface area contributed by atoms with Crippen molar-refractivity contribution in [2.24, 2.45) is 28.6 Å². The van der Waals surface area contributed by atoms with Crippen LogP contribution >= 0.6 is 0 Å². The molecule has 28 heavy (non-hydrogen) atoms. The number of esters is 2. The zero-order valence-electron chi connectivity index (χ0n) is 16.8. The molecule has 2 saturated heterocycles. The summed E-state index contributed by atoms with van der Waals surface area (Å²) in [5, 5.41) is 10.4. The Hall–Kier alpha value is -1.36. The summed E-state index contributed by atoms with van der Waals surface area (Å²) in [4.78, 5) is 25.1. The Morgan fingerprint density at radius 2 is 1.86 bits per heavy atom. The molecule has 6 rings (SSSR count). The molecule has 2 spiro atoms. The van der Waals surface area contributed by atoms with Gasteiger partial charge in [-0.15, -0.1) is 0 Å². The van der Waals surface area contributed by atoms with Crippen molar-refractivity contribution in [3.63, 3.8) is 0 Å². The van der Waals surface area contributed by atoms with E-state index in [1.54, 1.807) is 0 Å². The van der Waals surface area contributed by atoms with Crippen LogP contribution in [0.2, 0.25) is 0 Å². The Balaban J connectivity index is 1.48. The number of ether oxygens (including phenoxy) is 2. The summed E-state index contributed by atoms with van der Waals surface area (Å²) < 4.78 is 12.1. The first-order valence-electron chi connectivity index (χ1n) is 11.1. The molecule has 0 aromatic heterocycles. The van der Waals surface area contributed by atoms with Gasteiger partial charge in [0.25, 0.3) is 0 Å². The molecular formula is C23H30O5. The highest BCUT2D eigenvalue weighted by atomic mass is 16.6. The van der Waals surface area contributed by atoms with E-state index in [1.807, 2.05) is 0 Å². The van der Waals surface area contributed by atoms with Gasteiger partial charge in [0.05, 0.1) is 12.0 Å². The minimum atomic E-state index is -0.529. The number of allylic oxidation sites excluding steroid dienone is 1. The zero-order valence-corrected chi connectivity index (χ0v) is 16.8. The number of carbonyl (C=O) groups excluding carboxylic acids is 2. The van der Waals surface area contributed by atoms with Gasteiger partial charge in [-0.3, -0.25) is 9.59 Å².